The number of aromatic nitrogens is 1. The molecule has 0 unspecified atom stereocenters. The van der Waals surface area contributed by atoms with Gasteiger partial charge < -0.3 is 10.5 Å². The molecule has 0 spiro atoms. The number of hydrogen-bond donors (Lipinski definition) is 1. The molecular formula is C17H23N3O2S. The van der Waals surface area contributed by atoms with Gasteiger partial charge in [0.05, 0.1) is 10.7 Å². The van der Waals surface area contributed by atoms with E-state index in [1.165, 1.54) is 0 Å². The number of carbonyl (C=O) groups excluding carboxylic acids is 1. The average molecular weight is 333 g/mol. The van der Waals surface area contributed by atoms with Crippen LogP contribution in [0.2, 0.25) is 0 Å². The van der Waals surface area contributed by atoms with E-state index >= 15 is 0 Å². The summed E-state index contributed by atoms with van der Waals surface area (Å²) in [5.41, 5.74) is 7.60. The summed E-state index contributed by atoms with van der Waals surface area (Å²) in [6, 6.07) is 7.20. The van der Waals surface area contributed by atoms with Crippen molar-refractivity contribution in [1.29, 1.82) is 0 Å². The van der Waals surface area contributed by atoms with Gasteiger partial charge in [0.15, 0.2) is 0 Å². The fourth-order valence-electron chi connectivity index (χ4n) is 2.05. The second-order valence-electron chi connectivity index (χ2n) is 6.33. The van der Waals surface area contributed by atoms with Crippen molar-refractivity contribution in [3.63, 3.8) is 0 Å². The summed E-state index contributed by atoms with van der Waals surface area (Å²) in [4.78, 5) is 18.6. The maximum Gasteiger partial charge on any atom is 0.414 e. The van der Waals surface area contributed by atoms with Crippen molar-refractivity contribution in [2.45, 2.75) is 39.7 Å². The molecular weight excluding hydrogens is 310 g/mol. The maximum atomic E-state index is 12.5. The van der Waals surface area contributed by atoms with Crippen LogP contribution in [-0.4, -0.2) is 23.2 Å². The van der Waals surface area contributed by atoms with Crippen LogP contribution in [0.25, 0.3) is 0 Å². The summed E-state index contributed by atoms with van der Waals surface area (Å²) < 4.78 is 5.52. The van der Waals surface area contributed by atoms with Gasteiger partial charge in [-0.2, -0.15) is 0 Å². The third-order valence-corrected chi connectivity index (χ3v) is 3.90. The number of thiazole rings is 1. The molecule has 0 saturated carbocycles. The highest BCUT2D eigenvalue weighted by Gasteiger charge is 2.23. The summed E-state index contributed by atoms with van der Waals surface area (Å²) in [7, 11) is 0. The van der Waals surface area contributed by atoms with Crippen molar-refractivity contribution in [1.82, 2.24) is 4.98 Å². The molecule has 5 nitrogen and oxygen atoms in total. The predicted molar refractivity (Wildman–Crippen MR) is 95.0 cm³/mol. The van der Waals surface area contributed by atoms with Gasteiger partial charge in [0, 0.05) is 29.7 Å². The molecule has 0 radical (unpaired) electrons. The Morgan fingerprint density at radius 3 is 2.48 bits per heavy atom. The Morgan fingerprint density at radius 2 is 1.96 bits per heavy atom. The highest BCUT2D eigenvalue weighted by Crippen LogP contribution is 2.20. The first-order valence-corrected chi connectivity index (χ1v) is 8.39. The Morgan fingerprint density at radius 1 is 1.30 bits per heavy atom. The van der Waals surface area contributed by atoms with Crippen LogP contribution >= 0.6 is 11.3 Å². The SMILES string of the molecule is Cc1nc(CCN(C(=O)OC(C)(C)C)c2ccc(N)cc2)cs1. The molecule has 0 fully saturated rings. The van der Waals surface area contributed by atoms with Gasteiger partial charge in [-0.3, -0.25) is 4.90 Å². The van der Waals surface area contributed by atoms with Crippen molar-refractivity contribution in [2.24, 2.45) is 0 Å². The molecule has 1 heterocycles. The van der Waals surface area contributed by atoms with E-state index in [4.69, 9.17) is 10.5 Å². The minimum Gasteiger partial charge on any atom is -0.443 e. The average Bonchev–Trinajstić information content (AvgIpc) is 2.85. The first-order valence-electron chi connectivity index (χ1n) is 7.52. The fourth-order valence-corrected chi connectivity index (χ4v) is 2.69. The quantitative estimate of drug-likeness (QED) is 0.858. The van der Waals surface area contributed by atoms with E-state index in [9.17, 15) is 4.79 Å². The van der Waals surface area contributed by atoms with Gasteiger partial charge in [-0.1, -0.05) is 0 Å². The van der Waals surface area contributed by atoms with Gasteiger partial charge in [-0.15, -0.1) is 11.3 Å². The van der Waals surface area contributed by atoms with E-state index in [2.05, 4.69) is 4.98 Å². The molecule has 0 bridgehead atoms. The van der Waals surface area contributed by atoms with Gasteiger partial charge >= 0.3 is 6.09 Å². The Balaban J connectivity index is 2.16. The first kappa shape index (κ1) is 17.3. The van der Waals surface area contributed by atoms with Crippen LogP contribution in [0.3, 0.4) is 0 Å². The summed E-state index contributed by atoms with van der Waals surface area (Å²) in [6.45, 7) is 8.04. The van der Waals surface area contributed by atoms with Crippen LogP contribution in [0.15, 0.2) is 29.6 Å². The number of amides is 1. The van der Waals surface area contributed by atoms with Crippen molar-refractivity contribution >= 4 is 28.8 Å². The molecule has 1 aromatic carbocycles. The number of ether oxygens (including phenoxy) is 1. The summed E-state index contributed by atoms with van der Waals surface area (Å²) in [6.07, 6.45) is 0.308. The van der Waals surface area contributed by atoms with Crippen LogP contribution in [0.1, 0.15) is 31.5 Å². The highest BCUT2D eigenvalue weighted by atomic mass is 32.1. The molecule has 6 heteroatoms. The van der Waals surface area contributed by atoms with Crippen LogP contribution in [0, 0.1) is 6.92 Å². The van der Waals surface area contributed by atoms with E-state index in [-0.39, 0.29) is 6.09 Å². The van der Waals surface area contributed by atoms with E-state index in [1.54, 1.807) is 28.4 Å². The molecule has 2 rings (SSSR count). The lowest BCUT2D eigenvalue weighted by Gasteiger charge is -2.27. The lowest BCUT2D eigenvalue weighted by molar-refractivity contribution is 0.0581. The maximum absolute atomic E-state index is 12.5. The number of benzene rings is 1. The molecule has 124 valence electrons. The van der Waals surface area contributed by atoms with Gasteiger partial charge in [0.1, 0.15) is 5.60 Å². The van der Waals surface area contributed by atoms with Gasteiger partial charge in [0.25, 0.3) is 0 Å². The number of anilines is 2. The second-order valence-corrected chi connectivity index (χ2v) is 7.39. The number of nitrogens with zero attached hydrogens (tertiary/aromatic N) is 2. The van der Waals surface area contributed by atoms with Gasteiger partial charge in [0.2, 0.25) is 0 Å². The van der Waals surface area contributed by atoms with Crippen molar-refractivity contribution in [3.05, 3.63) is 40.3 Å². The molecule has 0 aliphatic rings. The summed E-state index contributed by atoms with van der Waals surface area (Å²) >= 11 is 1.61. The molecule has 1 aromatic heterocycles. The zero-order valence-electron chi connectivity index (χ0n) is 14.0. The third kappa shape index (κ3) is 5.25. The highest BCUT2D eigenvalue weighted by molar-refractivity contribution is 7.09. The molecule has 2 aromatic rings. The molecule has 0 saturated heterocycles. The number of nitrogens with two attached hydrogens (primary N) is 1. The Labute approximate surface area is 141 Å². The Hall–Kier alpha value is -2.08. The van der Waals surface area contributed by atoms with Crippen molar-refractivity contribution < 1.29 is 9.53 Å². The Kier molecular flexibility index (Phi) is 5.26. The van der Waals surface area contributed by atoms with Crippen molar-refractivity contribution in [3.8, 4) is 0 Å². The molecule has 0 atom stereocenters. The minimum absolute atomic E-state index is 0.366. The van der Waals surface area contributed by atoms with E-state index in [0.29, 0.717) is 18.7 Å². The molecule has 23 heavy (non-hydrogen) atoms. The number of aryl methyl sites for hydroxylation is 1. The van der Waals surface area contributed by atoms with E-state index < -0.39 is 5.60 Å². The van der Waals surface area contributed by atoms with Gasteiger partial charge in [-0.05, 0) is 52.0 Å². The third-order valence-electron chi connectivity index (χ3n) is 3.08. The number of nitrogen functional groups attached to an aromatic ring is 1. The van der Waals surface area contributed by atoms with E-state index in [1.807, 2.05) is 45.2 Å². The van der Waals surface area contributed by atoms with Gasteiger partial charge in [-0.25, -0.2) is 9.78 Å². The first-order chi connectivity index (χ1) is 10.7. The number of carbonyl (C=O) groups is 1. The number of rotatable bonds is 4. The standard InChI is InChI=1S/C17H23N3O2S/c1-12-19-14(11-23-12)9-10-20(16(21)22-17(2,3)4)15-7-5-13(18)6-8-15/h5-8,11H,9-10,18H2,1-4H3. The predicted octanol–water partition coefficient (Wildman–Crippen LogP) is 4.02. The number of hydrogen-bond acceptors (Lipinski definition) is 5. The van der Waals surface area contributed by atoms with Crippen LogP contribution in [0.4, 0.5) is 16.2 Å². The van der Waals surface area contributed by atoms with Crippen LogP contribution < -0.4 is 10.6 Å². The second kappa shape index (κ2) is 7.00. The fraction of sp³-hybridized carbons (Fsp3) is 0.412. The lowest BCUT2D eigenvalue weighted by Crippen LogP contribution is -2.38. The Bertz CT molecular complexity index is 659. The summed E-state index contributed by atoms with van der Waals surface area (Å²) in [5, 5.41) is 3.04. The van der Waals surface area contributed by atoms with E-state index in [0.717, 1.165) is 16.4 Å². The lowest BCUT2D eigenvalue weighted by atomic mass is 10.2. The molecule has 0 aliphatic carbocycles. The molecule has 1 amide bonds. The van der Waals surface area contributed by atoms with Crippen LogP contribution in [-0.2, 0) is 11.2 Å². The monoisotopic (exact) mass is 333 g/mol. The van der Waals surface area contributed by atoms with Crippen LogP contribution in [0.5, 0.6) is 0 Å². The van der Waals surface area contributed by atoms with Crippen molar-refractivity contribution in [2.75, 3.05) is 17.2 Å². The smallest absolute Gasteiger partial charge is 0.414 e. The molecule has 2 N–H and O–H groups in total. The minimum atomic E-state index is -0.541. The zero-order valence-corrected chi connectivity index (χ0v) is 14.8. The summed E-state index contributed by atoms with van der Waals surface area (Å²) in [5.74, 6) is 0. The topological polar surface area (TPSA) is 68.5 Å². The normalized spacial score (nSPS) is 11.3. The molecule has 0 aliphatic heterocycles. The zero-order chi connectivity index (χ0) is 17.0. The largest absolute Gasteiger partial charge is 0.443 e.